The lowest BCUT2D eigenvalue weighted by Crippen LogP contribution is -2.32. The van der Waals surface area contributed by atoms with E-state index < -0.39 is 17.6 Å². The van der Waals surface area contributed by atoms with E-state index in [0.717, 1.165) is 13.2 Å². The molecule has 0 saturated heterocycles. The fourth-order valence-electron chi connectivity index (χ4n) is 3.04. The maximum absolute atomic E-state index is 6.39. The number of hydrogen-bond acceptors (Lipinski definition) is 4. The summed E-state index contributed by atoms with van der Waals surface area (Å²) in [5.41, 5.74) is 0. The average molecular weight is 439 g/mol. The second kappa shape index (κ2) is 19.4. The van der Waals surface area contributed by atoms with E-state index in [1.165, 1.54) is 62.7 Å². The van der Waals surface area contributed by atoms with Crippen molar-refractivity contribution >= 4 is 39.2 Å². The van der Waals surface area contributed by atoms with Gasteiger partial charge < -0.3 is 9.47 Å². The van der Waals surface area contributed by atoms with E-state index in [9.17, 15) is 0 Å². The van der Waals surface area contributed by atoms with Gasteiger partial charge >= 0.3 is 0 Å². The van der Waals surface area contributed by atoms with Gasteiger partial charge in [-0.15, -0.1) is 0 Å². The van der Waals surface area contributed by atoms with Gasteiger partial charge in [0.25, 0.3) is 0 Å². The van der Waals surface area contributed by atoms with Crippen LogP contribution in [0.4, 0.5) is 0 Å². The Bertz CT molecular complexity index is 263. The van der Waals surface area contributed by atoms with Crippen LogP contribution in [0.3, 0.4) is 0 Å². The monoisotopic (exact) mass is 438 g/mol. The predicted octanol–water partition coefficient (Wildman–Crippen LogP) is 7.05. The zero-order chi connectivity index (χ0) is 19.6. The molecule has 2 atom stereocenters. The van der Waals surface area contributed by atoms with Crippen LogP contribution in [0.15, 0.2) is 0 Å². The van der Waals surface area contributed by atoms with Crippen LogP contribution in [0, 0.1) is 0 Å². The molecule has 0 aliphatic heterocycles. The maximum atomic E-state index is 6.39. The first kappa shape index (κ1) is 27.1. The Morgan fingerprint density at radius 3 is 1.19 bits per heavy atom. The van der Waals surface area contributed by atoms with Crippen LogP contribution in [-0.4, -0.2) is 40.9 Å². The topological polar surface area (TPSA) is 18.5 Å². The Hall–Kier alpha value is 1.05. The van der Waals surface area contributed by atoms with Crippen molar-refractivity contribution in [3.63, 3.8) is 0 Å². The lowest BCUT2D eigenvalue weighted by Gasteiger charge is -2.28. The molecule has 2 nitrogen and oxygen atoms in total. The molecule has 26 heavy (non-hydrogen) atoms. The van der Waals surface area contributed by atoms with Crippen molar-refractivity contribution in [3.8, 4) is 0 Å². The van der Waals surface area contributed by atoms with Crippen LogP contribution in [-0.2, 0) is 9.47 Å². The third-order valence-electron chi connectivity index (χ3n) is 5.17. The minimum absolute atomic E-state index is 0.456. The predicted molar refractivity (Wildman–Crippen MR) is 130 cm³/mol. The number of unbranched alkanes of at least 4 members (excludes halogenated alkanes) is 4. The Kier molecular flexibility index (Phi) is 20.2. The highest BCUT2D eigenvalue weighted by Crippen LogP contribution is 2.37. The normalized spacial score (nSPS) is 14.3. The third-order valence-corrected chi connectivity index (χ3v) is 17.8. The molecule has 0 aliphatic carbocycles. The van der Waals surface area contributed by atoms with Gasteiger partial charge in [0.2, 0.25) is 0 Å². The van der Waals surface area contributed by atoms with Crippen LogP contribution >= 0.6 is 21.6 Å². The molecule has 0 bridgehead atoms. The SMILES string of the molecule is CCCCCOC(SSC(OCCCCC)[SiH](CC)CC)[SiH](CC)CC. The van der Waals surface area contributed by atoms with Gasteiger partial charge in [-0.25, -0.2) is 0 Å². The van der Waals surface area contributed by atoms with E-state index >= 15 is 0 Å². The molecule has 0 spiro atoms. The highest BCUT2D eigenvalue weighted by molar-refractivity contribution is 8.77. The van der Waals surface area contributed by atoms with Crippen molar-refractivity contribution in [2.24, 2.45) is 0 Å². The number of ether oxygens (including phenoxy) is 2. The van der Waals surface area contributed by atoms with Gasteiger partial charge in [-0.1, -0.05) is 113 Å². The molecular formula is C20H46O2S2Si2. The quantitative estimate of drug-likeness (QED) is 0.0930. The molecule has 0 aromatic rings. The summed E-state index contributed by atoms with van der Waals surface area (Å²) in [7, 11) is 2.42. The van der Waals surface area contributed by atoms with Crippen LogP contribution < -0.4 is 0 Å². The van der Waals surface area contributed by atoms with Gasteiger partial charge in [0, 0.05) is 13.2 Å². The third kappa shape index (κ3) is 12.5. The fourth-order valence-corrected chi connectivity index (χ4v) is 15.6. The van der Waals surface area contributed by atoms with Gasteiger partial charge in [0.05, 0.1) is 27.7 Å². The van der Waals surface area contributed by atoms with E-state index in [-0.39, 0.29) is 0 Å². The Morgan fingerprint density at radius 1 is 0.577 bits per heavy atom. The lowest BCUT2D eigenvalue weighted by atomic mass is 10.3. The molecule has 158 valence electrons. The molecule has 0 aromatic carbocycles. The summed E-state index contributed by atoms with van der Waals surface area (Å²) in [5, 5.41) is 0.911. The molecule has 0 N–H and O–H groups in total. The summed E-state index contributed by atoms with van der Waals surface area (Å²) < 4.78 is 12.8. The molecule has 0 radical (unpaired) electrons. The summed E-state index contributed by atoms with van der Waals surface area (Å²) in [4.78, 5) is 0. The molecule has 6 heteroatoms. The minimum Gasteiger partial charge on any atom is -0.371 e. The van der Waals surface area contributed by atoms with E-state index in [4.69, 9.17) is 9.47 Å². The summed E-state index contributed by atoms with van der Waals surface area (Å²) in [6.07, 6.45) is 7.55. The second-order valence-electron chi connectivity index (χ2n) is 7.24. The van der Waals surface area contributed by atoms with Crippen LogP contribution in [0.5, 0.6) is 0 Å². The van der Waals surface area contributed by atoms with Crippen LogP contribution in [0.2, 0.25) is 24.2 Å². The average Bonchev–Trinajstić information content (AvgIpc) is 2.66. The van der Waals surface area contributed by atoms with Crippen molar-refractivity contribution in [3.05, 3.63) is 0 Å². The van der Waals surface area contributed by atoms with Gasteiger partial charge in [-0.05, 0) is 12.8 Å². The summed E-state index contributed by atoms with van der Waals surface area (Å²) >= 11 is 0. The van der Waals surface area contributed by atoms with E-state index in [1.54, 1.807) is 0 Å². The van der Waals surface area contributed by atoms with E-state index in [0.29, 0.717) is 10.1 Å². The van der Waals surface area contributed by atoms with Crippen LogP contribution in [0.1, 0.15) is 80.1 Å². The maximum Gasteiger partial charge on any atom is 0.0980 e. The van der Waals surface area contributed by atoms with Crippen molar-refractivity contribution in [2.75, 3.05) is 13.2 Å². The first-order valence-corrected chi connectivity index (χ1v) is 18.1. The Labute approximate surface area is 176 Å². The Morgan fingerprint density at radius 2 is 0.923 bits per heavy atom. The molecule has 0 saturated carbocycles. The van der Waals surface area contributed by atoms with Gasteiger partial charge in [0.15, 0.2) is 0 Å². The largest absolute Gasteiger partial charge is 0.371 e. The van der Waals surface area contributed by atoms with E-state index in [2.05, 4.69) is 41.5 Å². The van der Waals surface area contributed by atoms with Crippen molar-refractivity contribution in [2.45, 2.75) is 114 Å². The summed E-state index contributed by atoms with van der Waals surface area (Å²) in [6.45, 7) is 15.9. The van der Waals surface area contributed by atoms with Crippen LogP contribution in [0.25, 0.3) is 0 Å². The van der Waals surface area contributed by atoms with Crippen molar-refractivity contribution in [1.82, 2.24) is 0 Å². The molecule has 0 rings (SSSR count). The van der Waals surface area contributed by atoms with Crippen molar-refractivity contribution < 1.29 is 9.47 Å². The lowest BCUT2D eigenvalue weighted by molar-refractivity contribution is 0.147. The zero-order valence-electron chi connectivity index (χ0n) is 18.4. The standard InChI is InChI=1S/C20H46O2S2Si2/c1-7-13-15-17-21-19(25(9-3)10-4)23-24-20(26(11-5)12-6)22-18-16-14-8-2/h19-20,25-26H,7-18H2,1-6H3. The molecule has 0 aliphatic rings. The first-order chi connectivity index (χ1) is 12.7. The summed E-state index contributed by atoms with van der Waals surface area (Å²) in [6, 6.07) is 5.36. The minimum atomic E-state index is -0.825. The zero-order valence-corrected chi connectivity index (χ0v) is 22.4. The molecule has 0 amide bonds. The first-order valence-electron chi connectivity index (χ1n) is 11.2. The van der Waals surface area contributed by atoms with Crippen molar-refractivity contribution in [1.29, 1.82) is 0 Å². The number of hydrogen-bond donors (Lipinski definition) is 0. The second-order valence-corrected chi connectivity index (χ2v) is 18.2. The molecule has 0 aromatic heterocycles. The summed E-state index contributed by atoms with van der Waals surface area (Å²) in [5.74, 6) is 0. The van der Waals surface area contributed by atoms with Gasteiger partial charge in [0.1, 0.15) is 0 Å². The van der Waals surface area contributed by atoms with Gasteiger partial charge in [-0.2, -0.15) is 0 Å². The molecular weight excluding hydrogens is 393 g/mol. The highest BCUT2D eigenvalue weighted by Gasteiger charge is 2.27. The molecule has 0 heterocycles. The molecule has 0 fully saturated rings. The number of rotatable bonds is 19. The smallest absolute Gasteiger partial charge is 0.0980 e. The Balaban J connectivity index is 4.66. The molecule has 2 unspecified atom stereocenters. The van der Waals surface area contributed by atoms with E-state index in [1.807, 2.05) is 21.6 Å². The van der Waals surface area contributed by atoms with Gasteiger partial charge in [-0.3, -0.25) is 0 Å². The highest BCUT2D eigenvalue weighted by atomic mass is 33.1. The fraction of sp³-hybridized carbons (Fsp3) is 1.00.